The summed E-state index contributed by atoms with van der Waals surface area (Å²) >= 11 is 1.34. The first-order valence-corrected chi connectivity index (χ1v) is 9.82. The molecule has 0 aliphatic rings. The lowest BCUT2D eigenvalue weighted by Crippen LogP contribution is -2.29. The molecule has 0 aliphatic heterocycles. The number of aromatic nitrogens is 2. The second-order valence-electron chi connectivity index (χ2n) is 6.33. The molecule has 4 aromatic rings. The molecule has 0 saturated heterocycles. The zero-order chi connectivity index (χ0) is 20.4. The lowest BCUT2D eigenvalue weighted by Gasteiger charge is -2.07. The van der Waals surface area contributed by atoms with Crippen molar-refractivity contribution in [2.24, 2.45) is 0 Å². The number of rotatable bonds is 5. The van der Waals surface area contributed by atoms with Crippen molar-refractivity contribution in [2.45, 2.75) is 13.5 Å². The maximum absolute atomic E-state index is 12.5. The van der Waals surface area contributed by atoms with E-state index in [4.69, 9.17) is 4.74 Å². The highest BCUT2D eigenvalue weighted by Crippen LogP contribution is 2.28. The highest BCUT2D eigenvalue weighted by molar-refractivity contribution is 7.20. The quantitative estimate of drug-likeness (QED) is 0.512. The molecule has 7 nitrogen and oxygen atoms in total. The van der Waals surface area contributed by atoms with Gasteiger partial charge in [0.15, 0.2) is 0 Å². The minimum Gasteiger partial charge on any atom is -0.462 e. The number of nitrogens with one attached hydrogen (secondary N) is 1. The third-order valence-corrected chi connectivity index (χ3v) is 5.43. The minimum absolute atomic E-state index is 0.195. The smallest absolute Gasteiger partial charge is 0.348 e. The fourth-order valence-electron chi connectivity index (χ4n) is 3.00. The van der Waals surface area contributed by atoms with E-state index in [9.17, 15) is 14.4 Å². The van der Waals surface area contributed by atoms with Crippen LogP contribution in [0.15, 0.2) is 59.5 Å². The first-order chi connectivity index (χ1) is 14.0. The monoisotopic (exact) mass is 407 g/mol. The van der Waals surface area contributed by atoms with Crippen LogP contribution in [0.3, 0.4) is 0 Å². The van der Waals surface area contributed by atoms with Crippen LogP contribution < -0.4 is 10.9 Å². The maximum Gasteiger partial charge on any atom is 0.348 e. The first kappa shape index (κ1) is 18.8. The van der Waals surface area contributed by atoms with Crippen LogP contribution in [0, 0.1) is 0 Å². The summed E-state index contributed by atoms with van der Waals surface area (Å²) in [6.07, 6.45) is 1.57. The molecule has 0 bridgehead atoms. The van der Waals surface area contributed by atoms with Gasteiger partial charge in [0.1, 0.15) is 11.4 Å². The molecule has 0 fully saturated rings. The number of fused-ring (bicyclic) bond motifs is 2. The summed E-state index contributed by atoms with van der Waals surface area (Å²) in [5.41, 5.74) is 0.259. The fourth-order valence-corrected chi connectivity index (χ4v) is 3.94. The van der Waals surface area contributed by atoms with E-state index in [1.807, 2.05) is 12.1 Å². The molecule has 29 heavy (non-hydrogen) atoms. The third-order valence-electron chi connectivity index (χ3n) is 4.33. The molecule has 0 aliphatic carbocycles. The standard InChI is InChI=1S/C21H17N3O4S/c1-2-28-21(27)18-10-14-9-15(7-8-17(14)29-18)23-19(25)12-24-20(26)16-6-4-3-5-13(16)11-22-24/h3-11H,2,12H2,1H3,(H,23,25). The van der Waals surface area contributed by atoms with Crippen molar-refractivity contribution in [3.05, 3.63) is 70.0 Å². The molecule has 0 unspecified atom stereocenters. The van der Waals surface area contributed by atoms with Crippen molar-refractivity contribution in [1.29, 1.82) is 0 Å². The first-order valence-electron chi connectivity index (χ1n) is 9.00. The number of hydrogen-bond acceptors (Lipinski definition) is 6. The van der Waals surface area contributed by atoms with Gasteiger partial charge in [0.25, 0.3) is 5.56 Å². The Balaban J connectivity index is 1.52. The van der Waals surface area contributed by atoms with E-state index in [1.54, 1.807) is 49.5 Å². The summed E-state index contributed by atoms with van der Waals surface area (Å²) in [5, 5.41) is 8.92. The van der Waals surface area contributed by atoms with E-state index in [-0.39, 0.29) is 24.0 Å². The molecule has 0 radical (unpaired) electrons. The Labute approximate surface area is 169 Å². The molecule has 2 heterocycles. The van der Waals surface area contributed by atoms with Gasteiger partial charge < -0.3 is 10.1 Å². The van der Waals surface area contributed by atoms with Crippen LogP contribution in [-0.2, 0) is 16.1 Å². The Hall–Kier alpha value is -3.52. The average Bonchev–Trinajstić information content (AvgIpc) is 3.14. The fraction of sp³-hybridized carbons (Fsp3) is 0.143. The number of esters is 1. The molecule has 8 heteroatoms. The van der Waals surface area contributed by atoms with E-state index >= 15 is 0 Å². The van der Waals surface area contributed by atoms with E-state index < -0.39 is 0 Å². The van der Waals surface area contributed by atoms with E-state index in [2.05, 4.69) is 10.4 Å². The van der Waals surface area contributed by atoms with Gasteiger partial charge in [0.2, 0.25) is 5.91 Å². The van der Waals surface area contributed by atoms with E-state index in [0.29, 0.717) is 22.6 Å². The van der Waals surface area contributed by atoms with E-state index in [0.717, 1.165) is 20.2 Å². The number of benzene rings is 2. The van der Waals surface area contributed by atoms with Crippen molar-refractivity contribution >= 4 is 49.8 Å². The summed E-state index contributed by atoms with van der Waals surface area (Å²) in [5.74, 6) is -0.726. The molecule has 0 spiro atoms. The number of thiophene rings is 1. The predicted molar refractivity (Wildman–Crippen MR) is 112 cm³/mol. The van der Waals surface area contributed by atoms with Crippen LogP contribution in [-0.4, -0.2) is 28.3 Å². The van der Waals surface area contributed by atoms with Crippen LogP contribution in [0.25, 0.3) is 20.9 Å². The molecule has 4 rings (SSSR count). The van der Waals surface area contributed by atoms with Crippen LogP contribution >= 0.6 is 11.3 Å². The molecular formula is C21H17N3O4S. The highest BCUT2D eigenvalue weighted by atomic mass is 32.1. The summed E-state index contributed by atoms with van der Waals surface area (Å²) in [7, 11) is 0. The Morgan fingerprint density at radius 2 is 1.97 bits per heavy atom. The lowest BCUT2D eigenvalue weighted by molar-refractivity contribution is -0.117. The number of hydrogen-bond donors (Lipinski definition) is 1. The van der Waals surface area contributed by atoms with Crippen molar-refractivity contribution in [1.82, 2.24) is 9.78 Å². The zero-order valence-electron chi connectivity index (χ0n) is 15.5. The summed E-state index contributed by atoms with van der Waals surface area (Å²) in [6, 6.07) is 14.2. The average molecular weight is 407 g/mol. The minimum atomic E-state index is -0.366. The van der Waals surface area contributed by atoms with Gasteiger partial charge in [-0.05, 0) is 42.6 Å². The molecular weight excluding hydrogens is 390 g/mol. The largest absolute Gasteiger partial charge is 0.462 e. The summed E-state index contributed by atoms with van der Waals surface area (Å²) in [4.78, 5) is 37.3. The number of anilines is 1. The van der Waals surface area contributed by atoms with Gasteiger partial charge >= 0.3 is 5.97 Å². The van der Waals surface area contributed by atoms with Gasteiger partial charge in [-0.3, -0.25) is 9.59 Å². The molecule has 2 aromatic heterocycles. The van der Waals surface area contributed by atoms with Gasteiger partial charge in [-0.25, -0.2) is 9.48 Å². The zero-order valence-corrected chi connectivity index (χ0v) is 16.4. The Morgan fingerprint density at radius 1 is 1.14 bits per heavy atom. The number of carbonyl (C=O) groups excluding carboxylic acids is 2. The topological polar surface area (TPSA) is 90.3 Å². The normalized spacial score (nSPS) is 10.9. The molecule has 2 aromatic carbocycles. The van der Waals surface area contributed by atoms with Crippen molar-refractivity contribution in [2.75, 3.05) is 11.9 Å². The predicted octanol–water partition coefficient (Wildman–Crippen LogP) is 3.43. The number of carbonyl (C=O) groups is 2. The molecule has 0 atom stereocenters. The number of nitrogens with zero attached hydrogens (tertiary/aromatic N) is 2. The van der Waals surface area contributed by atoms with E-state index in [1.165, 1.54) is 11.3 Å². The van der Waals surface area contributed by atoms with Gasteiger partial charge in [-0.1, -0.05) is 18.2 Å². The van der Waals surface area contributed by atoms with Crippen molar-refractivity contribution < 1.29 is 14.3 Å². The molecule has 1 amide bonds. The second-order valence-corrected chi connectivity index (χ2v) is 7.41. The lowest BCUT2D eigenvalue weighted by atomic mass is 10.2. The second kappa shape index (κ2) is 7.84. The summed E-state index contributed by atoms with van der Waals surface area (Å²) in [6.45, 7) is 1.88. The highest BCUT2D eigenvalue weighted by Gasteiger charge is 2.13. The number of amides is 1. The number of ether oxygens (including phenoxy) is 1. The summed E-state index contributed by atoms with van der Waals surface area (Å²) < 4.78 is 7.08. The Kier molecular flexibility index (Phi) is 5.09. The van der Waals surface area contributed by atoms with Gasteiger partial charge in [0, 0.05) is 15.8 Å². The Bertz CT molecular complexity index is 1290. The third kappa shape index (κ3) is 3.88. The van der Waals surface area contributed by atoms with Crippen LogP contribution in [0.2, 0.25) is 0 Å². The molecule has 146 valence electrons. The van der Waals surface area contributed by atoms with Gasteiger partial charge in [-0.15, -0.1) is 11.3 Å². The molecule has 0 saturated carbocycles. The van der Waals surface area contributed by atoms with Crippen LogP contribution in [0.4, 0.5) is 5.69 Å². The van der Waals surface area contributed by atoms with Crippen molar-refractivity contribution in [3.8, 4) is 0 Å². The maximum atomic E-state index is 12.5. The van der Waals surface area contributed by atoms with Crippen molar-refractivity contribution in [3.63, 3.8) is 0 Å². The molecule has 1 N–H and O–H groups in total. The van der Waals surface area contributed by atoms with Gasteiger partial charge in [-0.2, -0.15) is 5.10 Å². The van der Waals surface area contributed by atoms with Crippen LogP contribution in [0.5, 0.6) is 0 Å². The SMILES string of the molecule is CCOC(=O)c1cc2cc(NC(=O)Cn3ncc4ccccc4c3=O)ccc2s1. The Morgan fingerprint density at radius 3 is 2.79 bits per heavy atom. The van der Waals surface area contributed by atoms with Crippen LogP contribution in [0.1, 0.15) is 16.6 Å². The van der Waals surface area contributed by atoms with Gasteiger partial charge in [0.05, 0.1) is 18.2 Å².